The van der Waals surface area contributed by atoms with E-state index in [1.54, 1.807) is 0 Å². The Labute approximate surface area is 219 Å². The molecule has 0 amide bonds. The summed E-state index contributed by atoms with van der Waals surface area (Å²) in [5, 5.41) is 0. The zero-order valence-electron chi connectivity index (χ0n) is 24.5. The Bertz CT molecular complexity index is 1050. The Morgan fingerprint density at radius 1 is 0.972 bits per heavy atom. The number of hydrogen-bond donors (Lipinski definition) is 0. The lowest BCUT2D eigenvalue weighted by atomic mass is 9.33. The molecule has 0 aromatic heterocycles. The molecular formula is C33H50O3. The fraction of sp³-hybridized carbons (Fsp3) is 0.818. The molecule has 0 bridgehead atoms. The van der Waals surface area contributed by atoms with Crippen molar-refractivity contribution in [2.24, 2.45) is 56.2 Å². The van der Waals surface area contributed by atoms with Gasteiger partial charge in [-0.05, 0) is 102 Å². The Kier molecular flexibility index (Phi) is 5.54. The van der Waals surface area contributed by atoms with Crippen LogP contribution in [0.4, 0.5) is 0 Å². The zero-order valence-corrected chi connectivity index (χ0v) is 24.5. The quantitative estimate of drug-likeness (QED) is 0.274. The summed E-state index contributed by atoms with van der Waals surface area (Å²) in [4.78, 5) is 27.8. The molecule has 4 fully saturated rings. The van der Waals surface area contributed by atoms with Crippen molar-refractivity contribution in [3.8, 4) is 0 Å². The lowest BCUT2D eigenvalue weighted by Crippen LogP contribution is -2.66. The highest BCUT2D eigenvalue weighted by Crippen LogP contribution is 2.75. The largest absolute Gasteiger partial charge is 0.469 e. The maximum atomic E-state index is 14.4. The maximum Gasteiger partial charge on any atom is 0.312 e. The van der Waals surface area contributed by atoms with Crippen molar-refractivity contribution < 1.29 is 14.3 Å². The number of ketones is 1. The van der Waals surface area contributed by atoms with Crippen LogP contribution in [0, 0.1) is 56.2 Å². The third-order valence-corrected chi connectivity index (χ3v) is 13.3. The monoisotopic (exact) mass is 494 g/mol. The summed E-state index contributed by atoms with van der Waals surface area (Å²) in [6.07, 6.45) is 10.1. The summed E-state index contributed by atoms with van der Waals surface area (Å²) in [6, 6.07) is 0. The van der Waals surface area contributed by atoms with Crippen LogP contribution in [-0.4, -0.2) is 18.9 Å². The van der Waals surface area contributed by atoms with E-state index >= 15 is 0 Å². The van der Waals surface area contributed by atoms with Crippen molar-refractivity contribution >= 4 is 11.8 Å². The van der Waals surface area contributed by atoms with E-state index in [-0.39, 0.29) is 50.7 Å². The lowest BCUT2D eigenvalue weighted by molar-refractivity contribution is -0.192. The highest BCUT2D eigenvalue weighted by atomic mass is 16.5. The minimum atomic E-state index is -0.508. The fourth-order valence-electron chi connectivity index (χ4n) is 11.0. The normalized spacial score (nSPS) is 49.1. The topological polar surface area (TPSA) is 43.4 Å². The van der Waals surface area contributed by atoms with Crippen molar-refractivity contribution in [2.45, 2.75) is 107 Å². The summed E-state index contributed by atoms with van der Waals surface area (Å²) in [7, 11) is 1.53. The third kappa shape index (κ3) is 3.04. The average molecular weight is 495 g/mol. The van der Waals surface area contributed by atoms with E-state index in [0.717, 1.165) is 44.9 Å². The first-order chi connectivity index (χ1) is 16.5. The van der Waals surface area contributed by atoms with Gasteiger partial charge in [-0.15, -0.1) is 0 Å². The number of esters is 1. The van der Waals surface area contributed by atoms with Crippen molar-refractivity contribution in [1.29, 1.82) is 0 Å². The summed E-state index contributed by atoms with van der Waals surface area (Å²) >= 11 is 0. The van der Waals surface area contributed by atoms with Crippen molar-refractivity contribution in [3.05, 3.63) is 23.8 Å². The Hall–Kier alpha value is -1.38. The first kappa shape index (κ1) is 26.2. The molecule has 0 spiro atoms. The van der Waals surface area contributed by atoms with Crippen LogP contribution in [0.2, 0.25) is 0 Å². The molecule has 0 N–H and O–H groups in total. The minimum absolute atomic E-state index is 0.00344. The molecule has 5 rings (SSSR count). The highest BCUT2D eigenvalue weighted by molar-refractivity contribution is 5.96. The number of methoxy groups -OCH3 is 1. The average Bonchev–Trinajstić information content (AvgIpc) is 2.78. The van der Waals surface area contributed by atoms with Gasteiger partial charge in [0.05, 0.1) is 12.5 Å². The number of hydrogen-bond acceptors (Lipinski definition) is 3. The van der Waals surface area contributed by atoms with Crippen LogP contribution in [0.25, 0.3) is 0 Å². The Balaban J connectivity index is 1.66. The van der Waals surface area contributed by atoms with Gasteiger partial charge in [-0.2, -0.15) is 0 Å². The fourth-order valence-corrected chi connectivity index (χ4v) is 11.0. The molecule has 5 aliphatic rings. The van der Waals surface area contributed by atoms with Crippen LogP contribution in [0.1, 0.15) is 107 Å². The third-order valence-electron chi connectivity index (χ3n) is 13.3. The van der Waals surface area contributed by atoms with Gasteiger partial charge in [-0.25, -0.2) is 0 Å². The standard InChI is InChI=1S/C33H50O3/c1-20-18-30(7)24(29(5,6)21(20)2)11-12-31(8)25(30)17-23(34)26-22-19-28(3,4)13-15-33(22,27(35)36-10)16-14-32(26,31)9/h17,20,22,24,26H,2,11-16,18-19H2,1,3-10H3/t20-,22+,24+,26+,30+,31-,32-,33+/m1/s1. The van der Waals surface area contributed by atoms with E-state index in [1.807, 2.05) is 0 Å². The molecule has 3 heteroatoms. The molecule has 8 atom stereocenters. The second-order valence-electron chi connectivity index (χ2n) is 15.7. The molecule has 36 heavy (non-hydrogen) atoms. The van der Waals surface area contributed by atoms with Gasteiger partial charge in [0, 0.05) is 5.92 Å². The first-order valence-electron chi connectivity index (χ1n) is 14.5. The smallest absolute Gasteiger partial charge is 0.312 e. The molecule has 0 unspecified atom stereocenters. The lowest BCUT2D eigenvalue weighted by Gasteiger charge is -2.70. The van der Waals surface area contributed by atoms with Crippen molar-refractivity contribution in [2.75, 3.05) is 7.11 Å². The Morgan fingerprint density at radius 2 is 1.61 bits per heavy atom. The van der Waals surface area contributed by atoms with Gasteiger partial charge < -0.3 is 4.74 Å². The summed E-state index contributed by atoms with van der Waals surface area (Å²) in [5.74, 6) is 1.12. The number of allylic oxidation sites excluding steroid dienone is 3. The van der Waals surface area contributed by atoms with Crippen LogP contribution in [0.5, 0.6) is 0 Å². The SMILES string of the molecule is C=C1[C@H](C)C[C@]2(C)C3=CC(=O)[C@@H]4[C@@H]5CC(C)(C)CC[C@]5(C(=O)OC)CC[C@@]4(C)[C@]3(C)CC[C@H]2C1(C)C. The summed E-state index contributed by atoms with van der Waals surface area (Å²) in [5.41, 5.74) is 2.33. The molecule has 0 aliphatic heterocycles. The summed E-state index contributed by atoms with van der Waals surface area (Å²) in [6.45, 7) is 23.7. The number of rotatable bonds is 1. The van der Waals surface area contributed by atoms with E-state index in [0.29, 0.717) is 11.8 Å². The number of ether oxygens (including phenoxy) is 1. The van der Waals surface area contributed by atoms with E-state index in [9.17, 15) is 9.59 Å². The molecule has 0 aromatic rings. The van der Waals surface area contributed by atoms with E-state index in [4.69, 9.17) is 4.74 Å². The number of carbonyl (C=O) groups excluding carboxylic acids is 2. The maximum absolute atomic E-state index is 14.4. The van der Waals surface area contributed by atoms with Gasteiger partial charge in [0.2, 0.25) is 0 Å². The van der Waals surface area contributed by atoms with Crippen molar-refractivity contribution in [1.82, 2.24) is 0 Å². The zero-order chi connectivity index (χ0) is 26.7. The van der Waals surface area contributed by atoms with E-state index in [1.165, 1.54) is 24.7 Å². The predicted molar refractivity (Wildman–Crippen MR) is 145 cm³/mol. The number of carbonyl (C=O) groups is 2. The predicted octanol–water partition coefficient (Wildman–Crippen LogP) is 7.94. The molecule has 0 heterocycles. The molecule has 0 radical (unpaired) electrons. The molecular weight excluding hydrogens is 444 g/mol. The minimum Gasteiger partial charge on any atom is -0.469 e. The van der Waals surface area contributed by atoms with Crippen LogP contribution in [-0.2, 0) is 14.3 Å². The summed E-state index contributed by atoms with van der Waals surface area (Å²) < 4.78 is 5.46. The van der Waals surface area contributed by atoms with Gasteiger partial charge in [0.25, 0.3) is 0 Å². The number of fused-ring (bicyclic) bond motifs is 7. The molecule has 0 aromatic carbocycles. The van der Waals surface area contributed by atoms with Crippen LogP contribution < -0.4 is 0 Å². The van der Waals surface area contributed by atoms with Gasteiger partial charge in [0.1, 0.15) is 0 Å². The highest BCUT2D eigenvalue weighted by Gasteiger charge is 2.71. The molecule has 5 aliphatic carbocycles. The van der Waals surface area contributed by atoms with Crippen molar-refractivity contribution in [3.63, 3.8) is 0 Å². The van der Waals surface area contributed by atoms with Gasteiger partial charge in [-0.1, -0.05) is 73.1 Å². The second-order valence-corrected chi connectivity index (χ2v) is 15.7. The van der Waals surface area contributed by atoms with Gasteiger partial charge >= 0.3 is 5.97 Å². The van der Waals surface area contributed by atoms with Crippen LogP contribution >= 0.6 is 0 Å². The van der Waals surface area contributed by atoms with Crippen LogP contribution in [0.15, 0.2) is 23.8 Å². The van der Waals surface area contributed by atoms with E-state index in [2.05, 4.69) is 68.0 Å². The Morgan fingerprint density at radius 3 is 2.25 bits per heavy atom. The molecule has 3 nitrogen and oxygen atoms in total. The van der Waals surface area contributed by atoms with Gasteiger partial charge in [0.15, 0.2) is 5.78 Å². The van der Waals surface area contributed by atoms with Crippen LogP contribution in [0.3, 0.4) is 0 Å². The first-order valence-corrected chi connectivity index (χ1v) is 14.5. The van der Waals surface area contributed by atoms with E-state index < -0.39 is 5.41 Å². The van der Waals surface area contributed by atoms with Gasteiger partial charge in [-0.3, -0.25) is 9.59 Å². The molecule has 0 saturated heterocycles. The second kappa shape index (κ2) is 7.60. The molecule has 4 saturated carbocycles. The molecule has 200 valence electrons.